The normalized spacial score (nSPS) is 11.1. The van der Waals surface area contributed by atoms with Crippen LogP contribution in [-0.4, -0.2) is 22.2 Å². The summed E-state index contributed by atoms with van der Waals surface area (Å²) < 4.78 is 9.01. The number of anilines is 1. The van der Waals surface area contributed by atoms with Gasteiger partial charge in [-0.2, -0.15) is 0 Å². The van der Waals surface area contributed by atoms with E-state index in [9.17, 15) is 14.4 Å². The van der Waals surface area contributed by atoms with E-state index < -0.39 is 11.6 Å². The molecule has 0 aliphatic rings. The number of fused-ring (bicyclic) bond motifs is 3. The van der Waals surface area contributed by atoms with Gasteiger partial charge in [-0.15, -0.1) is 11.3 Å². The third-order valence-corrected chi connectivity index (χ3v) is 7.10. The van der Waals surface area contributed by atoms with Crippen molar-refractivity contribution in [3.63, 3.8) is 0 Å². The van der Waals surface area contributed by atoms with Crippen LogP contribution in [0.15, 0.2) is 82.4 Å². The van der Waals surface area contributed by atoms with Crippen molar-refractivity contribution in [3.8, 4) is 5.75 Å². The van der Waals surface area contributed by atoms with E-state index in [4.69, 9.17) is 16.3 Å². The number of ether oxygens (including phenoxy) is 1. The molecule has 0 unspecified atom stereocenters. The molecule has 9 heteroatoms. The van der Waals surface area contributed by atoms with Crippen LogP contribution >= 0.6 is 22.9 Å². The molecule has 0 saturated carbocycles. The molecule has 0 aliphatic heterocycles. The molecule has 0 saturated heterocycles. The zero-order valence-electron chi connectivity index (χ0n) is 18.7. The van der Waals surface area contributed by atoms with Crippen molar-refractivity contribution in [2.75, 3.05) is 12.4 Å². The summed E-state index contributed by atoms with van der Waals surface area (Å²) in [7, 11) is 1.51. The largest absolute Gasteiger partial charge is 0.495 e. The highest BCUT2D eigenvalue weighted by Gasteiger charge is 2.20. The molecule has 0 bridgehead atoms. The van der Waals surface area contributed by atoms with Crippen molar-refractivity contribution in [1.29, 1.82) is 0 Å². The Morgan fingerprint density at radius 3 is 2.49 bits per heavy atom. The lowest BCUT2D eigenvalue weighted by molar-refractivity contribution is -0.116. The number of carbonyl (C=O) groups excluding carboxylic acids is 1. The van der Waals surface area contributed by atoms with Crippen LogP contribution in [0.4, 0.5) is 5.69 Å². The molecular weight excluding hydrogens is 486 g/mol. The second-order valence-corrected chi connectivity index (χ2v) is 9.38. The summed E-state index contributed by atoms with van der Waals surface area (Å²) >= 11 is 7.49. The molecule has 0 spiro atoms. The first-order valence-electron chi connectivity index (χ1n) is 10.8. The van der Waals surface area contributed by atoms with Gasteiger partial charge in [0.25, 0.3) is 5.56 Å². The number of nitrogens with one attached hydrogen (secondary N) is 1. The lowest BCUT2D eigenvalue weighted by Gasteiger charge is -2.13. The third-order valence-electron chi connectivity index (χ3n) is 5.66. The molecule has 176 valence electrons. The zero-order valence-corrected chi connectivity index (χ0v) is 20.2. The highest BCUT2D eigenvalue weighted by atomic mass is 35.5. The van der Waals surface area contributed by atoms with Gasteiger partial charge in [0.2, 0.25) is 5.91 Å². The maximum absolute atomic E-state index is 13.6. The maximum Gasteiger partial charge on any atom is 0.332 e. The lowest BCUT2D eigenvalue weighted by Crippen LogP contribution is -2.41. The maximum atomic E-state index is 13.6. The number of amides is 1. The average Bonchev–Trinajstić information content (AvgIpc) is 3.25. The Labute approximate surface area is 208 Å². The second-order valence-electron chi connectivity index (χ2n) is 7.92. The molecule has 35 heavy (non-hydrogen) atoms. The number of benzene rings is 3. The van der Waals surface area contributed by atoms with Gasteiger partial charge in [0.1, 0.15) is 17.0 Å². The van der Waals surface area contributed by atoms with E-state index in [0.717, 1.165) is 15.6 Å². The minimum absolute atomic E-state index is 0.110. The van der Waals surface area contributed by atoms with Crippen molar-refractivity contribution >= 4 is 54.8 Å². The number of hydrogen-bond acceptors (Lipinski definition) is 5. The summed E-state index contributed by atoms with van der Waals surface area (Å²) in [6.45, 7) is -0.160. The number of thiophene rings is 1. The number of carbonyl (C=O) groups is 1. The highest BCUT2D eigenvalue weighted by molar-refractivity contribution is 7.25. The van der Waals surface area contributed by atoms with Gasteiger partial charge in [0.05, 0.1) is 24.2 Å². The Bertz CT molecular complexity index is 1690. The fraction of sp³-hybridized carbons (Fsp3) is 0.115. The molecule has 2 aromatic heterocycles. The molecule has 0 fully saturated rings. The molecule has 0 radical (unpaired) electrons. The molecule has 1 N–H and O–H groups in total. The van der Waals surface area contributed by atoms with E-state index in [1.54, 1.807) is 18.2 Å². The summed E-state index contributed by atoms with van der Waals surface area (Å²) in [5, 5.41) is 3.89. The van der Waals surface area contributed by atoms with Crippen molar-refractivity contribution in [2.45, 2.75) is 13.1 Å². The number of hydrogen-bond donors (Lipinski definition) is 1. The van der Waals surface area contributed by atoms with Gasteiger partial charge < -0.3 is 10.1 Å². The quantitative estimate of drug-likeness (QED) is 0.362. The predicted molar refractivity (Wildman–Crippen MR) is 140 cm³/mol. The van der Waals surface area contributed by atoms with Crippen LogP contribution in [0.5, 0.6) is 5.75 Å². The summed E-state index contributed by atoms with van der Waals surface area (Å²) in [6.07, 6.45) is 0. The van der Waals surface area contributed by atoms with Gasteiger partial charge in [0.15, 0.2) is 0 Å². The molecule has 3 aromatic carbocycles. The SMILES string of the molecule is COc1ccc(NC(=O)Cn2c(=O)n(Cc3ccccc3)c(=O)c3sc4ccccc4c32)cc1Cl. The van der Waals surface area contributed by atoms with Gasteiger partial charge in [-0.3, -0.25) is 18.7 Å². The Morgan fingerprint density at radius 1 is 1.00 bits per heavy atom. The summed E-state index contributed by atoms with van der Waals surface area (Å²) in [5.74, 6) is 0.0650. The van der Waals surface area contributed by atoms with Crippen LogP contribution in [0.25, 0.3) is 20.3 Å². The summed E-state index contributed by atoms with van der Waals surface area (Å²) in [5.41, 5.74) is 0.841. The van der Waals surface area contributed by atoms with Crippen LogP contribution < -0.4 is 21.3 Å². The predicted octanol–water partition coefficient (Wildman–Crippen LogP) is 4.73. The number of rotatable bonds is 6. The number of methoxy groups -OCH3 is 1. The number of nitrogens with zero attached hydrogens (tertiary/aromatic N) is 2. The van der Waals surface area contributed by atoms with Crippen LogP contribution in [-0.2, 0) is 17.9 Å². The Hall–Kier alpha value is -3.88. The van der Waals surface area contributed by atoms with Gasteiger partial charge in [-0.05, 0) is 29.8 Å². The molecule has 5 rings (SSSR count). The molecular formula is C26H20ClN3O4S. The minimum Gasteiger partial charge on any atom is -0.495 e. The van der Waals surface area contributed by atoms with Gasteiger partial charge in [-0.1, -0.05) is 60.1 Å². The zero-order chi connectivity index (χ0) is 24.5. The van der Waals surface area contributed by atoms with E-state index in [0.29, 0.717) is 26.7 Å². The van der Waals surface area contributed by atoms with Crippen molar-refractivity contribution in [1.82, 2.24) is 9.13 Å². The third kappa shape index (κ3) is 4.34. The molecule has 7 nitrogen and oxygen atoms in total. The van der Waals surface area contributed by atoms with Gasteiger partial charge >= 0.3 is 5.69 Å². The lowest BCUT2D eigenvalue weighted by atomic mass is 10.2. The van der Waals surface area contributed by atoms with Gasteiger partial charge in [-0.25, -0.2) is 4.79 Å². The first-order chi connectivity index (χ1) is 17.0. The minimum atomic E-state index is -0.544. The average molecular weight is 506 g/mol. The van der Waals surface area contributed by atoms with E-state index in [1.165, 1.54) is 27.6 Å². The Balaban J connectivity index is 1.61. The van der Waals surface area contributed by atoms with Crippen molar-refractivity contribution < 1.29 is 9.53 Å². The Morgan fingerprint density at radius 2 is 1.74 bits per heavy atom. The molecule has 1 amide bonds. The Kier molecular flexibility index (Phi) is 6.15. The van der Waals surface area contributed by atoms with Crippen LogP contribution in [0, 0.1) is 0 Å². The molecule has 5 aromatic rings. The van der Waals surface area contributed by atoms with Crippen LogP contribution in [0.1, 0.15) is 5.56 Å². The van der Waals surface area contributed by atoms with Crippen molar-refractivity contribution in [2.24, 2.45) is 0 Å². The second kappa shape index (κ2) is 9.40. The smallest absolute Gasteiger partial charge is 0.332 e. The standard InChI is InChI=1S/C26H20ClN3O4S/c1-34-20-12-11-17(13-19(20)27)28-22(31)15-29-23-18-9-5-6-10-21(18)35-24(23)25(32)30(26(29)33)14-16-7-3-2-4-8-16/h2-13H,14-15H2,1H3,(H,28,31). The van der Waals surface area contributed by atoms with Gasteiger partial charge in [0, 0.05) is 15.8 Å². The topological polar surface area (TPSA) is 82.3 Å². The summed E-state index contributed by atoms with van der Waals surface area (Å²) in [6, 6.07) is 21.6. The summed E-state index contributed by atoms with van der Waals surface area (Å²) in [4.78, 5) is 40.0. The van der Waals surface area contributed by atoms with E-state index in [-0.39, 0.29) is 18.6 Å². The first-order valence-corrected chi connectivity index (χ1v) is 12.0. The molecule has 0 atom stereocenters. The number of aromatic nitrogens is 2. The van der Waals surface area contributed by atoms with E-state index in [2.05, 4.69) is 5.32 Å². The molecule has 0 aliphatic carbocycles. The van der Waals surface area contributed by atoms with Crippen molar-refractivity contribution in [3.05, 3.63) is 104 Å². The van der Waals surface area contributed by atoms with Crippen LogP contribution in [0.2, 0.25) is 5.02 Å². The van der Waals surface area contributed by atoms with E-state index in [1.807, 2.05) is 54.6 Å². The fourth-order valence-corrected chi connectivity index (χ4v) is 5.45. The van der Waals surface area contributed by atoms with E-state index >= 15 is 0 Å². The highest BCUT2D eigenvalue weighted by Crippen LogP contribution is 2.31. The number of halogens is 1. The van der Waals surface area contributed by atoms with Crippen LogP contribution in [0.3, 0.4) is 0 Å². The fourth-order valence-electron chi connectivity index (χ4n) is 4.04. The molecule has 2 heterocycles. The monoisotopic (exact) mass is 505 g/mol. The first kappa shape index (κ1) is 22.9.